The van der Waals surface area contributed by atoms with Gasteiger partial charge < -0.3 is 10.2 Å². The molecule has 1 aliphatic heterocycles. The lowest BCUT2D eigenvalue weighted by Crippen LogP contribution is -2.46. The number of amides is 1. The number of sulfonamides is 1. The van der Waals surface area contributed by atoms with Crippen molar-refractivity contribution in [3.05, 3.63) is 17.5 Å². The molecule has 26 heavy (non-hydrogen) atoms. The Balaban J connectivity index is 1.42. The molecular formula is C17H24N4O3S2. The first-order valence-corrected chi connectivity index (χ1v) is 11.3. The van der Waals surface area contributed by atoms with Gasteiger partial charge in [-0.15, -0.1) is 11.3 Å². The normalized spacial score (nSPS) is 26.6. The largest absolute Gasteiger partial charge is 0.326 e. The van der Waals surface area contributed by atoms with Crippen molar-refractivity contribution in [3.63, 3.8) is 0 Å². The summed E-state index contributed by atoms with van der Waals surface area (Å²) >= 11 is 1.22. The van der Waals surface area contributed by atoms with Gasteiger partial charge in [0.25, 0.3) is 0 Å². The fraction of sp³-hybridized carbons (Fsp3) is 0.647. The van der Waals surface area contributed by atoms with Crippen LogP contribution in [-0.2, 0) is 14.8 Å². The van der Waals surface area contributed by atoms with Crippen molar-refractivity contribution in [2.75, 3.05) is 13.1 Å². The van der Waals surface area contributed by atoms with Crippen LogP contribution in [0.15, 0.2) is 21.7 Å². The molecule has 2 aliphatic rings. The molecule has 2 N–H and O–H groups in total. The first-order chi connectivity index (χ1) is 12.5. The van der Waals surface area contributed by atoms with Crippen LogP contribution >= 0.6 is 11.3 Å². The highest BCUT2D eigenvalue weighted by molar-refractivity contribution is 7.91. The van der Waals surface area contributed by atoms with Crippen LogP contribution in [0.5, 0.6) is 0 Å². The molecule has 9 heteroatoms. The first-order valence-electron chi connectivity index (χ1n) is 8.98. The molecule has 1 saturated heterocycles. The second kappa shape index (κ2) is 8.48. The Morgan fingerprint density at radius 2 is 2.00 bits per heavy atom. The number of rotatable bonds is 6. The van der Waals surface area contributed by atoms with Crippen LogP contribution in [0.1, 0.15) is 38.5 Å². The third kappa shape index (κ3) is 4.62. The highest BCUT2D eigenvalue weighted by Gasteiger charge is 2.30. The van der Waals surface area contributed by atoms with Gasteiger partial charge in [0.15, 0.2) is 0 Å². The van der Waals surface area contributed by atoms with E-state index in [1.54, 1.807) is 22.4 Å². The van der Waals surface area contributed by atoms with Gasteiger partial charge in [-0.2, -0.15) is 5.26 Å². The van der Waals surface area contributed by atoms with Crippen LogP contribution in [0.25, 0.3) is 0 Å². The third-order valence-corrected chi connectivity index (χ3v) is 7.99. The Bertz CT molecular complexity index is 749. The number of nitriles is 1. The summed E-state index contributed by atoms with van der Waals surface area (Å²) in [6, 6.07) is 5.39. The van der Waals surface area contributed by atoms with E-state index in [1.165, 1.54) is 11.3 Å². The van der Waals surface area contributed by atoms with Crippen LogP contribution in [0.2, 0.25) is 0 Å². The summed E-state index contributed by atoms with van der Waals surface area (Å²) in [6.07, 6.45) is 4.80. The summed E-state index contributed by atoms with van der Waals surface area (Å²) in [7, 11) is -3.42. The topological polar surface area (TPSA) is 102 Å². The summed E-state index contributed by atoms with van der Waals surface area (Å²) < 4.78 is 27.7. The summed E-state index contributed by atoms with van der Waals surface area (Å²) in [5.41, 5.74) is 0. The number of hydrogen-bond donors (Lipinski definition) is 2. The molecule has 1 saturated carbocycles. The zero-order chi connectivity index (χ0) is 18.6. The van der Waals surface area contributed by atoms with E-state index in [2.05, 4.69) is 16.1 Å². The van der Waals surface area contributed by atoms with Gasteiger partial charge in [0.05, 0.1) is 12.6 Å². The maximum Gasteiger partial charge on any atom is 0.250 e. The standard InChI is InChI=1S/C17H24N4O3S2/c18-11-15-3-1-9-21(15)16(22)12-19-13-5-7-14(8-6-13)20-26(23,24)17-4-2-10-25-17/h2,4,10,13-15,19-20H,1,3,5-9,12H2. The van der Waals surface area contributed by atoms with Gasteiger partial charge in [0.1, 0.15) is 10.3 Å². The van der Waals surface area contributed by atoms with Crippen LogP contribution in [-0.4, -0.2) is 50.4 Å². The highest BCUT2D eigenvalue weighted by Crippen LogP contribution is 2.23. The van der Waals surface area contributed by atoms with E-state index >= 15 is 0 Å². The fourth-order valence-electron chi connectivity index (χ4n) is 3.64. The molecule has 1 aliphatic carbocycles. The molecule has 0 spiro atoms. The SMILES string of the molecule is N#CC1CCCN1C(=O)CNC1CCC(NS(=O)(=O)c2cccs2)CC1. The van der Waals surface area contributed by atoms with Gasteiger partial charge in [-0.05, 0) is 50.0 Å². The molecule has 2 fully saturated rings. The lowest BCUT2D eigenvalue weighted by Gasteiger charge is -2.30. The molecule has 1 atom stereocenters. The van der Waals surface area contributed by atoms with E-state index in [0.717, 1.165) is 38.5 Å². The maximum absolute atomic E-state index is 12.3. The molecule has 0 radical (unpaired) electrons. The molecule has 1 aromatic rings. The van der Waals surface area contributed by atoms with E-state index in [9.17, 15) is 13.2 Å². The lowest BCUT2D eigenvalue weighted by atomic mass is 9.92. The smallest absolute Gasteiger partial charge is 0.250 e. The minimum absolute atomic E-state index is 0.0189. The number of carbonyl (C=O) groups is 1. The number of nitrogens with zero attached hydrogens (tertiary/aromatic N) is 2. The van der Waals surface area contributed by atoms with Crippen molar-refractivity contribution in [1.29, 1.82) is 5.26 Å². The minimum atomic E-state index is -3.42. The number of carbonyl (C=O) groups excluding carboxylic acids is 1. The van der Waals surface area contributed by atoms with Gasteiger partial charge in [-0.25, -0.2) is 13.1 Å². The summed E-state index contributed by atoms with van der Waals surface area (Å²) in [6.45, 7) is 0.907. The molecule has 3 rings (SSSR count). The van der Waals surface area contributed by atoms with E-state index in [1.807, 2.05) is 0 Å². The third-order valence-electron chi connectivity index (χ3n) is 5.07. The molecule has 142 valence electrons. The molecule has 2 heterocycles. The zero-order valence-corrected chi connectivity index (χ0v) is 16.2. The van der Waals surface area contributed by atoms with Crippen molar-refractivity contribution in [1.82, 2.24) is 14.9 Å². The monoisotopic (exact) mass is 396 g/mol. The summed E-state index contributed by atoms with van der Waals surface area (Å²) in [4.78, 5) is 13.9. The van der Waals surface area contributed by atoms with Crippen LogP contribution < -0.4 is 10.0 Å². The maximum atomic E-state index is 12.3. The van der Waals surface area contributed by atoms with Crippen molar-refractivity contribution in [2.24, 2.45) is 0 Å². The van der Waals surface area contributed by atoms with Crippen molar-refractivity contribution >= 4 is 27.3 Å². The van der Waals surface area contributed by atoms with E-state index in [-0.39, 0.29) is 30.6 Å². The van der Waals surface area contributed by atoms with Crippen LogP contribution in [0.4, 0.5) is 0 Å². The number of thiophene rings is 1. The number of likely N-dealkylation sites (tertiary alicyclic amines) is 1. The van der Waals surface area contributed by atoms with E-state index < -0.39 is 10.0 Å². The summed E-state index contributed by atoms with van der Waals surface area (Å²) in [5, 5.41) is 14.1. The Labute approximate surface area is 158 Å². The average Bonchev–Trinajstić information content (AvgIpc) is 3.32. The molecule has 0 bridgehead atoms. The zero-order valence-electron chi connectivity index (χ0n) is 14.6. The molecule has 1 aromatic heterocycles. The molecule has 7 nitrogen and oxygen atoms in total. The predicted molar refractivity (Wildman–Crippen MR) is 99.0 cm³/mol. The Kier molecular flexibility index (Phi) is 6.29. The van der Waals surface area contributed by atoms with Gasteiger partial charge in [-0.3, -0.25) is 4.79 Å². The number of hydrogen-bond acceptors (Lipinski definition) is 6. The predicted octanol–water partition coefficient (Wildman–Crippen LogP) is 1.44. The second-order valence-electron chi connectivity index (χ2n) is 6.86. The fourth-order valence-corrected chi connectivity index (χ4v) is 5.96. The molecule has 1 amide bonds. The second-order valence-corrected chi connectivity index (χ2v) is 9.75. The molecule has 1 unspecified atom stereocenters. The van der Waals surface area contributed by atoms with Gasteiger partial charge >= 0.3 is 0 Å². The van der Waals surface area contributed by atoms with Gasteiger partial charge in [0, 0.05) is 18.6 Å². The quantitative estimate of drug-likeness (QED) is 0.757. The summed E-state index contributed by atoms with van der Waals surface area (Å²) in [5.74, 6) is -0.0189. The minimum Gasteiger partial charge on any atom is -0.326 e. The van der Waals surface area contributed by atoms with Crippen LogP contribution in [0.3, 0.4) is 0 Å². The van der Waals surface area contributed by atoms with Crippen molar-refractivity contribution in [3.8, 4) is 6.07 Å². The van der Waals surface area contributed by atoms with Crippen LogP contribution in [0, 0.1) is 11.3 Å². The van der Waals surface area contributed by atoms with Crippen molar-refractivity contribution < 1.29 is 13.2 Å². The van der Waals surface area contributed by atoms with Crippen molar-refractivity contribution in [2.45, 2.75) is 60.9 Å². The van der Waals surface area contributed by atoms with Gasteiger partial charge in [-0.1, -0.05) is 6.07 Å². The Hall–Kier alpha value is -1.47. The van der Waals surface area contributed by atoms with E-state index in [4.69, 9.17) is 5.26 Å². The highest BCUT2D eigenvalue weighted by atomic mass is 32.2. The molecular weight excluding hydrogens is 372 g/mol. The van der Waals surface area contributed by atoms with E-state index in [0.29, 0.717) is 10.8 Å². The molecule has 0 aromatic carbocycles. The van der Waals surface area contributed by atoms with Gasteiger partial charge in [0.2, 0.25) is 15.9 Å². The Morgan fingerprint density at radius 3 is 2.65 bits per heavy atom. The lowest BCUT2D eigenvalue weighted by molar-refractivity contribution is -0.130. The first kappa shape index (κ1) is 19.3. The Morgan fingerprint density at radius 1 is 1.27 bits per heavy atom. The number of nitrogens with one attached hydrogen (secondary N) is 2. The average molecular weight is 397 g/mol.